The molecular formula is C12H17BrN4. The van der Waals surface area contributed by atoms with E-state index in [4.69, 9.17) is 0 Å². The van der Waals surface area contributed by atoms with E-state index < -0.39 is 0 Å². The molecule has 17 heavy (non-hydrogen) atoms. The smallest absolute Gasteiger partial charge is 0.109 e. The van der Waals surface area contributed by atoms with Gasteiger partial charge in [0.05, 0.1) is 22.8 Å². The van der Waals surface area contributed by atoms with Gasteiger partial charge in [0.15, 0.2) is 0 Å². The van der Waals surface area contributed by atoms with Crippen LogP contribution in [0.15, 0.2) is 16.9 Å². The third-order valence-electron chi connectivity index (χ3n) is 3.21. The Morgan fingerprint density at radius 1 is 1.71 bits per heavy atom. The van der Waals surface area contributed by atoms with Crippen LogP contribution < -0.4 is 5.32 Å². The molecule has 1 aromatic rings. The van der Waals surface area contributed by atoms with Crippen LogP contribution in [0.25, 0.3) is 0 Å². The molecule has 1 saturated carbocycles. The molecule has 0 radical (unpaired) electrons. The van der Waals surface area contributed by atoms with Gasteiger partial charge in [-0.2, -0.15) is 10.4 Å². The monoisotopic (exact) mass is 296 g/mol. The Balaban J connectivity index is 2.10. The molecule has 1 aliphatic carbocycles. The summed E-state index contributed by atoms with van der Waals surface area (Å²) in [6, 6.07) is 3.11. The van der Waals surface area contributed by atoms with Crippen molar-refractivity contribution in [3.05, 3.63) is 16.9 Å². The molecule has 2 rings (SSSR count). The van der Waals surface area contributed by atoms with E-state index in [1.165, 1.54) is 0 Å². The van der Waals surface area contributed by atoms with Crippen LogP contribution in [0.2, 0.25) is 0 Å². The maximum Gasteiger partial charge on any atom is 0.109 e. The van der Waals surface area contributed by atoms with Crippen LogP contribution in [0.1, 0.15) is 39.2 Å². The normalized spacial score (nSPS) is 28.5. The maximum absolute atomic E-state index is 9.38. The van der Waals surface area contributed by atoms with Gasteiger partial charge in [-0.3, -0.25) is 10.00 Å². The quantitative estimate of drug-likeness (QED) is 0.933. The van der Waals surface area contributed by atoms with Crippen molar-refractivity contribution < 1.29 is 0 Å². The summed E-state index contributed by atoms with van der Waals surface area (Å²) < 4.78 is 2.95. The second kappa shape index (κ2) is 4.79. The molecule has 0 saturated heterocycles. The van der Waals surface area contributed by atoms with Gasteiger partial charge in [0.25, 0.3) is 0 Å². The predicted molar refractivity (Wildman–Crippen MR) is 69.4 cm³/mol. The van der Waals surface area contributed by atoms with Crippen LogP contribution in [0, 0.1) is 11.3 Å². The molecule has 5 heteroatoms. The lowest BCUT2D eigenvalue weighted by Gasteiger charge is -2.25. The summed E-state index contributed by atoms with van der Waals surface area (Å²) in [6.07, 6.45) is 6.50. The zero-order valence-electron chi connectivity index (χ0n) is 10.2. The van der Waals surface area contributed by atoms with Crippen molar-refractivity contribution in [2.24, 2.45) is 0 Å². The van der Waals surface area contributed by atoms with Crippen molar-refractivity contribution in [3.63, 3.8) is 0 Å². The molecule has 2 atom stereocenters. The highest BCUT2D eigenvalue weighted by atomic mass is 79.9. The Kier molecular flexibility index (Phi) is 3.55. The minimum atomic E-state index is -0.378. The highest BCUT2D eigenvalue weighted by Gasteiger charge is 2.40. The third kappa shape index (κ3) is 2.70. The van der Waals surface area contributed by atoms with Crippen molar-refractivity contribution in [3.8, 4) is 6.07 Å². The van der Waals surface area contributed by atoms with E-state index in [-0.39, 0.29) is 5.54 Å². The van der Waals surface area contributed by atoms with E-state index in [9.17, 15) is 5.26 Å². The zero-order valence-corrected chi connectivity index (χ0v) is 11.7. The fourth-order valence-corrected chi connectivity index (χ4v) is 2.88. The summed E-state index contributed by atoms with van der Waals surface area (Å²) in [6.45, 7) is 4.16. The zero-order chi connectivity index (χ0) is 12.5. The summed E-state index contributed by atoms with van der Waals surface area (Å²) >= 11 is 3.40. The summed E-state index contributed by atoms with van der Waals surface area (Å²) in [5.74, 6) is 0. The number of aromatic nitrogens is 2. The first kappa shape index (κ1) is 12.6. The molecule has 1 aromatic heterocycles. The van der Waals surface area contributed by atoms with E-state index >= 15 is 0 Å². The molecule has 0 aliphatic heterocycles. The number of hydrogen-bond acceptors (Lipinski definition) is 3. The van der Waals surface area contributed by atoms with Gasteiger partial charge < -0.3 is 0 Å². The van der Waals surface area contributed by atoms with Gasteiger partial charge in [-0.1, -0.05) is 0 Å². The molecule has 0 amide bonds. The fourth-order valence-electron chi connectivity index (χ4n) is 2.58. The third-order valence-corrected chi connectivity index (χ3v) is 3.62. The molecular weight excluding hydrogens is 280 g/mol. The molecule has 0 bridgehead atoms. The molecule has 0 spiro atoms. The number of nitriles is 1. The van der Waals surface area contributed by atoms with Gasteiger partial charge >= 0.3 is 0 Å². The van der Waals surface area contributed by atoms with Crippen molar-refractivity contribution in [1.82, 2.24) is 15.1 Å². The van der Waals surface area contributed by atoms with E-state index in [1.807, 2.05) is 10.9 Å². The van der Waals surface area contributed by atoms with Gasteiger partial charge in [-0.25, -0.2) is 0 Å². The lowest BCUT2D eigenvalue weighted by Crippen LogP contribution is -2.45. The SMILES string of the molecule is CC(C)NC1(C#N)CCC(n2cc(Br)cn2)C1. The highest BCUT2D eigenvalue weighted by Crippen LogP contribution is 2.37. The molecule has 2 unspecified atom stereocenters. The van der Waals surface area contributed by atoms with E-state index in [2.05, 4.69) is 46.3 Å². The van der Waals surface area contributed by atoms with Gasteiger partial charge in [-0.15, -0.1) is 0 Å². The summed E-state index contributed by atoms with van der Waals surface area (Å²) in [7, 11) is 0. The summed E-state index contributed by atoms with van der Waals surface area (Å²) in [5, 5.41) is 17.1. The van der Waals surface area contributed by atoms with Gasteiger partial charge in [0.1, 0.15) is 5.54 Å². The van der Waals surface area contributed by atoms with Crippen LogP contribution >= 0.6 is 15.9 Å². The molecule has 92 valence electrons. The average Bonchev–Trinajstić information content (AvgIpc) is 2.85. The Morgan fingerprint density at radius 2 is 2.47 bits per heavy atom. The topological polar surface area (TPSA) is 53.6 Å². The molecule has 1 N–H and O–H groups in total. The Labute approximate surface area is 110 Å². The average molecular weight is 297 g/mol. The maximum atomic E-state index is 9.38. The Morgan fingerprint density at radius 3 is 3.00 bits per heavy atom. The van der Waals surface area contributed by atoms with Crippen LogP contribution in [-0.4, -0.2) is 21.4 Å². The first-order chi connectivity index (χ1) is 8.04. The fraction of sp³-hybridized carbons (Fsp3) is 0.667. The molecule has 1 fully saturated rings. The molecule has 1 heterocycles. The number of halogens is 1. The second-order valence-electron chi connectivity index (χ2n) is 5.03. The lowest BCUT2D eigenvalue weighted by atomic mass is 9.98. The van der Waals surface area contributed by atoms with Gasteiger partial charge in [-0.05, 0) is 42.6 Å². The van der Waals surface area contributed by atoms with Crippen LogP contribution in [0.5, 0.6) is 0 Å². The van der Waals surface area contributed by atoms with Crippen molar-refractivity contribution in [1.29, 1.82) is 5.26 Å². The number of hydrogen-bond donors (Lipinski definition) is 1. The number of nitrogens with zero attached hydrogens (tertiary/aromatic N) is 3. The molecule has 0 aromatic carbocycles. The van der Waals surface area contributed by atoms with Crippen molar-refractivity contribution in [2.45, 2.75) is 50.7 Å². The van der Waals surface area contributed by atoms with Crippen LogP contribution in [0.3, 0.4) is 0 Å². The van der Waals surface area contributed by atoms with E-state index in [0.717, 1.165) is 23.7 Å². The molecule has 4 nitrogen and oxygen atoms in total. The highest BCUT2D eigenvalue weighted by molar-refractivity contribution is 9.10. The Bertz CT molecular complexity index is 434. The van der Waals surface area contributed by atoms with E-state index in [1.54, 1.807) is 6.20 Å². The van der Waals surface area contributed by atoms with Gasteiger partial charge in [0, 0.05) is 18.7 Å². The number of rotatable bonds is 3. The predicted octanol–water partition coefficient (Wildman–Crippen LogP) is 2.63. The minimum absolute atomic E-state index is 0.326. The van der Waals surface area contributed by atoms with E-state index in [0.29, 0.717) is 12.1 Å². The summed E-state index contributed by atoms with van der Waals surface area (Å²) in [4.78, 5) is 0. The van der Waals surface area contributed by atoms with Crippen molar-refractivity contribution in [2.75, 3.05) is 0 Å². The first-order valence-corrected chi connectivity index (χ1v) is 6.72. The summed E-state index contributed by atoms with van der Waals surface area (Å²) in [5.41, 5.74) is -0.378. The standard InChI is InChI=1S/C12H17BrN4/c1-9(2)16-12(8-14)4-3-11(5-12)17-7-10(13)6-15-17/h6-7,9,11,16H,3-5H2,1-2H3. The van der Waals surface area contributed by atoms with Crippen LogP contribution in [0.4, 0.5) is 0 Å². The van der Waals surface area contributed by atoms with Gasteiger partial charge in [0.2, 0.25) is 0 Å². The number of nitrogens with one attached hydrogen (secondary N) is 1. The molecule has 1 aliphatic rings. The largest absolute Gasteiger partial charge is 0.297 e. The minimum Gasteiger partial charge on any atom is -0.297 e. The lowest BCUT2D eigenvalue weighted by molar-refractivity contribution is 0.361. The van der Waals surface area contributed by atoms with Crippen molar-refractivity contribution >= 4 is 15.9 Å². The van der Waals surface area contributed by atoms with Crippen LogP contribution in [-0.2, 0) is 0 Å². The first-order valence-electron chi connectivity index (χ1n) is 5.93. The Hall–Kier alpha value is -0.860. The second-order valence-corrected chi connectivity index (χ2v) is 5.94.